The van der Waals surface area contributed by atoms with E-state index in [0.29, 0.717) is 0 Å². The van der Waals surface area contributed by atoms with Crippen molar-refractivity contribution in [2.75, 3.05) is 0 Å². The van der Waals surface area contributed by atoms with Gasteiger partial charge < -0.3 is 0 Å². The third kappa shape index (κ3) is 1.13. The zero-order valence-corrected chi connectivity index (χ0v) is 10.0. The second kappa shape index (κ2) is 3.12. The molecule has 0 aromatic carbocycles. The molecule has 1 fully saturated rings. The third-order valence-electron chi connectivity index (χ3n) is 4.12. The lowest BCUT2D eigenvalue weighted by molar-refractivity contribution is -0.395. The van der Waals surface area contributed by atoms with Crippen molar-refractivity contribution in [1.29, 1.82) is 0 Å². The average Bonchev–Trinajstić information content (AvgIpc) is 2.14. The second-order valence-corrected chi connectivity index (χ2v) is 5.16. The molecule has 0 aromatic rings. The standard InChI is InChI=1S/C10H12F8/c1-5(11)6(2,12)9(15,16)8(4,14)10(17,18)7(5,3)13/h1-4H3. The maximum Gasteiger partial charge on any atom is 0.323 e. The van der Waals surface area contributed by atoms with E-state index < -0.39 is 34.5 Å². The number of alkyl halides is 8. The molecule has 0 aliphatic heterocycles. The highest BCUT2D eigenvalue weighted by molar-refractivity contribution is 5.30. The first kappa shape index (κ1) is 15.5. The Morgan fingerprint density at radius 3 is 0.833 bits per heavy atom. The van der Waals surface area contributed by atoms with Crippen LogP contribution in [0.5, 0.6) is 0 Å². The minimum absolute atomic E-state index is 0.0654. The fraction of sp³-hybridized carbons (Fsp3) is 1.00. The van der Waals surface area contributed by atoms with Gasteiger partial charge in [0.15, 0.2) is 5.67 Å². The molecule has 1 rings (SSSR count). The Bertz CT molecular complexity index is 249. The summed E-state index contributed by atoms with van der Waals surface area (Å²) in [7, 11) is 0. The highest BCUT2D eigenvalue weighted by Gasteiger charge is 2.92. The van der Waals surface area contributed by atoms with Crippen LogP contribution in [-0.4, -0.2) is 34.5 Å². The van der Waals surface area contributed by atoms with Gasteiger partial charge >= 0.3 is 11.8 Å². The molecule has 0 nitrogen and oxygen atoms in total. The highest BCUT2D eigenvalue weighted by Crippen LogP contribution is 2.67. The molecule has 1 aliphatic rings. The summed E-state index contributed by atoms with van der Waals surface area (Å²) in [6, 6.07) is 0. The molecule has 0 N–H and O–H groups in total. The summed E-state index contributed by atoms with van der Waals surface area (Å²) < 4.78 is 109. The molecule has 18 heavy (non-hydrogen) atoms. The van der Waals surface area contributed by atoms with Crippen LogP contribution < -0.4 is 0 Å². The molecular weight excluding hydrogens is 272 g/mol. The van der Waals surface area contributed by atoms with Crippen LogP contribution in [0.1, 0.15) is 27.7 Å². The van der Waals surface area contributed by atoms with E-state index in [1.807, 2.05) is 0 Å². The summed E-state index contributed by atoms with van der Waals surface area (Å²) in [5.74, 6) is -10.8. The molecule has 0 radical (unpaired) electrons. The van der Waals surface area contributed by atoms with Gasteiger partial charge in [-0.15, -0.1) is 0 Å². The van der Waals surface area contributed by atoms with Crippen molar-refractivity contribution in [2.24, 2.45) is 0 Å². The fourth-order valence-corrected chi connectivity index (χ4v) is 2.11. The number of rotatable bonds is 0. The molecule has 0 amide bonds. The summed E-state index contributed by atoms with van der Waals surface area (Å²) in [6.45, 7) is -0.655. The van der Waals surface area contributed by atoms with Crippen LogP contribution >= 0.6 is 0 Å². The Morgan fingerprint density at radius 2 is 0.611 bits per heavy atom. The molecule has 0 spiro atoms. The van der Waals surface area contributed by atoms with Gasteiger partial charge in [-0.25, -0.2) is 17.6 Å². The monoisotopic (exact) mass is 284 g/mol. The van der Waals surface area contributed by atoms with Crippen molar-refractivity contribution in [1.82, 2.24) is 0 Å². The largest absolute Gasteiger partial charge is 0.323 e. The van der Waals surface area contributed by atoms with Gasteiger partial charge in [-0.2, -0.15) is 17.6 Å². The Morgan fingerprint density at radius 1 is 0.389 bits per heavy atom. The van der Waals surface area contributed by atoms with E-state index >= 15 is 0 Å². The van der Waals surface area contributed by atoms with Crippen LogP contribution in [0.15, 0.2) is 0 Å². The number of hydrogen-bond acceptors (Lipinski definition) is 0. The highest BCUT2D eigenvalue weighted by atomic mass is 19.3. The van der Waals surface area contributed by atoms with Crippen LogP contribution in [0.2, 0.25) is 0 Å². The van der Waals surface area contributed by atoms with Crippen LogP contribution in [-0.2, 0) is 0 Å². The minimum Gasteiger partial charge on any atom is -0.237 e. The van der Waals surface area contributed by atoms with Gasteiger partial charge in [0.2, 0.25) is 17.0 Å². The summed E-state index contributed by atoms with van der Waals surface area (Å²) in [5.41, 5.74) is -18.0. The van der Waals surface area contributed by atoms with Crippen molar-refractivity contribution in [2.45, 2.75) is 62.2 Å². The van der Waals surface area contributed by atoms with Crippen molar-refractivity contribution in [3.05, 3.63) is 0 Å². The van der Waals surface area contributed by atoms with E-state index in [0.717, 1.165) is 0 Å². The lowest BCUT2D eigenvalue weighted by atomic mass is 9.59. The lowest BCUT2D eigenvalue weighted by Gasteiger charge is -2.58. The Labute approximate surface area is 98.3 Å². The van der Waals surface area contributed by atoms with Gasteiger partial charge in [-0.3, -0.25) is 0 Å². The number of halogens is 8. The van der Waals surface area contributed by atoms with E-state index in [9.17, 15) is 35.1 Å². The molecule has 0 heterocycles. The van der Waals surface area contributed by atoms with E-state index in [4.69, 9.17) is 0 Å². The molecule has 0 aromatic heterocycles. The topological polar surface area (TPSA) is 0 Å². The predicted octanol–water partition coefficient (Wildman–Crippen LogP) is 4.18. The summed E-state index contributed by atoms with van der Waals surface area (Å²) >= 11 is 0. The number of hydrogen-bond donors (Lipinski definition) is 0. The molecule has 2 unspecified atom stereocenters. The lowest BCUT2D eigenvalue weighted by Crippen LogP contribution is -2.84. The summed E-state index contributed by atoms with van der Waals surface area (Å²) in [4.78, 5) is 0. The molecule has 0 saturated heterocycles. The zero-order chi connectivity index (χ0) is 15.0. The molecule has 2 atom stereocenters. The van der Waals surface area contributed by atoms with Gasteiger partial charge in [0, 0.05) is 0 Å². The third-order valence-corrected chi connectivity index (χ3v) is 4.12. The van der Waals surface area contributed by atoms with Crippen molar-refractivity contribution < 1.29 is 35.1 Å². The second-order valence-electron chi connectivity index (χ2n) is 5.16. The van der Waals surface area contributed by atoms with E-state index in [-0.39, 0.29) is 27.7 Å². The van der Waals surface area contributed by atoms with Crippen molar-refractivity contribution in [3.8, 4) is 0 Å². The Kier molecular flexibility index (Phi) is 2.69. The van der Waals surface area contributed by atoms with Crippen molar-refractivity contribution >= 4 is 0 Å². The van der Waals surface area contributed by atoms with Gasteiger partial charge in [0.1, 0.15) is 0 Å². The van der Waals surface area contributed by atoms with Crippen molar-refractivity contribution in [3.63, 3.8) is 0 Å². The SMILES string of the molecule is CC1(F)C(C)(F)C(F)(F)C(C)(F)C(F)(F)C1(C)F. The smallest absolute Gasteiger partial charge is 0.237 e. The first-order valence-corrected chi connectivity index (χ1v) is 5.01. The molecule has 1 aliphatic carbocycles. The average molecular weight is 284 g/mol. The van der Waals surface area contributed by atoms with E-state index in [1.54, 1.807) is 0 Å². The maximum absolute atomic E-state index is 13.9. The Hall–Kier alpha value is -0.560. The Balaban J connectivity index is 3.72. The van der Waals surface area contributed by atoms with Crippen LogP contribution in [0, 0.1) is 0 Å². The van der Waals surface area contributed by atoms with Gasteiger partial charge in [-0.05, 0) is 27.7 Å². The minimum atomic E-state index is -5.40. The predicted molar refractivity (Wildman–Crippen MR) is 47.9 cm³/mol. The maximum atomic E-state index is 13.9. The molecule has 1 saturated carbocycles. The molecule has 0 bridgehead atoms. The summed E-state index contributed by atoms with van der Waals surface area (Å²) in [5, 5.41) is 0. The molecular formula is C10H12F8. The zero-order valence-electron chi connectivity index (χ0n) is 10.0. The quantitative estimate of drug-likeness (QED) is 0.585. The summed E-state index contributed by atoms with van der Waals surface area (Å²) in [6.07, 6.45) is 0. The van der Waals surface area contributed by atoms with Crippen LogP contribution in [0.25, 0.3) is 0 Å². The van der Waals surface area contributed by atoms with Crippen LogP contribution in [0.4, 0.5) is 35.1 Å². The van der Waals surface area contributed by atoms with Gasteiger partial charge in [0.05, 0.1) is 0 Å². The molecule has 108 valence electrons. The van der Waals surface area contributed by atoms with E-state index in [1.165, 1.54) is 0 Å². The van der Waals surface area contributed by atoms with Gasteiger partial charge in [0.25, 0.3) is 0 Å². The first-order valence-electron chi connectivity index (χ1n) is 5.01. The fourth-order valence-electron chi connectivity index (χ4n) is 2.11. The van der Waals surface area contributed by atoms with E-state index in [2.05, 4.69) is 0 Å². The van der Waals surface area contributed by atoms with Crippen LogP contribution in [0.3, 0.4) is 0 Å². The first-order chi connectivity index (χ1) is 7.50. The normalized spacial score (nSPS) is 55.3. The van der Waals surface area contributed by atoms with Gasteiger partial charge in [-0.1, -0.05) is 0 Å². The molecule has 8 heteroatoms.